The number of benzene rings is 1. The molecule has 0 amide bonds. The number of aromatic nitrogens is 1. The number of rotatable bonds is 2. The first-order valence-corrected chi connectivity index (χ1v) is 5.90. The van der Waals surface area contributed by atoms with Crippen LogP contribution in [0.4, 0.5) is 17.6 Å². The maximum Gasteiger partial charge on any atom is 0.416 e. The molecule has 0 aliphatic carbocycles. The molecule has 2 nitrogen and oxygen atoms in total. The van der Waals surface area contributed by atoms with Crippen molar-refractivity contribution < 1.29 is 17.6 Å². The molecule has 0 bridgehead atoms. The Hall–Kier alpha value is -1.66. The molecule has 1 atom stereocenters. The summed E-state index contributed by atoms with van der Waals surface area (Å²) in [6.07, 6.45) is -2.61. The van der Waals surface area contributed by atoms with Crippen molar-refractivity contribution in [2.75, 3.05) is 0 Å². The predicted octanol–water partition coefficient (Wildman–Crippen LogP) is 3.94. The predicted molar refractivity (Wildman–Crippen MR) is 66.7 cm³/mol. The van der Waals surface area contributed by atoms with E-state index in [1.54, 1.807) is 0 Å². The number of pyridine rings is 1. The van der Waals surface area contributed by atoms with Crippen molar-refractivity contribution in [1.29, 1.82) is 0 Å². The van der Waals surface area contributed by atoms with Crippen LogP contribution in [-0.4, -0.2) is 4.98 Å². The Morgan fingerprint density at radius 3 is 2.50 bits per heavy atom. The summed E-state index contributed by atoms with van der Waals surface area (Å²) < 4.78 is 52.4. The van der Waals surface area contributed by atoms with Crippen LogP contribution in [0.2, 0.25) is 5.02 Å². The summed E-state index contributed by atoms with van der Waals surface area (Å²) in [5.74, 6) is -0.723. The lowest BCUT2D eigenvalue weighted by atomic mass is 9.96. The normalized spacial score (nSPS) is 13.3. The van der Waals surface area contributed by atoms with Crippen LogP contribution >= 0.6 is 11.6 Å². The fourth-order valence-electron chi connectivity index (χ4n) is 1.83. The van der Waals surface area contributed by atoms with Gasteiger partial charge in [0.05, 0.1) is 11.6 Å². The second-order valence-corrected chi connectivity index (χ2v) is 4.54. The molecular weight excluding hydrogens is 296 g/mol. The first-order chi connectivity index (χ1) is 9.30. The van der Waals surface area contributed by atoms with Crippen molar-refractivity contribution in [2.45, 2.75) is 12.2 Å². The molecule has 2 aromatic rings. The van der Waals surface area contributed by atoms with Crippen molar-refractivity contribution in [3.8, 4) is 0 Å². The third-order valence-electron chi connectivity index (χ3n) is 2.79. The van der Waals surface area contributed by atoms with Crippen LogP contribution < -0.4 is 5.73 Å². The number of hydrogen-bond acceptors (Lipinski definition) is 2. The topological polar surface area (TPSA) is 38.9 Å². The minimum absolute atomic E-state index is 0.115. The molecule has 106 valence electrons. The minimum atomic E-state index is -4.59. The Labute approximate surface area is 117 Å². The maximum absolute atomic E-state index is 13.7. The number of alkyl halides is 3. The highest BCUT2D eigenvalue weighted by atomic mass is 35.5. The van der Waals surface area contributed by atoms with Gasteiger partial charge >= 0.3 is 6.18 Å². The van der Waals surface area contributed by atoms with E-state index in [1.807, 2.05) is 0 Å². The number of hydrogen-bond donors (Lipinski definition) is 1. The minimum Gasteiger partial charge on any atom is -0.320 e. The summed E-state index contributed by atoms with van der Waals surface area (Å²) in [5.41, 5.74) is 4.38. The van der Waals surface area contributed by atoms with E-state index >= 15 is 0 Å². The van der Waals surface area contributed by atoms with Crippen LogP contribution in [0.25, 0.3) is 0 Å². The molecule has 0 spiro atoms. The molecule has 0 aliphatic heterocycles. The molecule has 1 aromatic heterocycles. The molecule has 0 saturated heterocycles. The third-order valence-corrected chi connectivity index (χ3v) is 3.02. The van der Waals surface area contributed by atoms with Gasteiger partial charge in [-0.1, -0.05) is 11.6 Å². The fourth-order valence-corrected chi connectivity index (χ4v) is 2.01. The highest BCUT2D eigenvalue weighted by Gasteiger charge is 2.35. The molecule has 0 saturated carbocycles. The monoisotopic (exact) mass is 304 g/mol. The number of nitrogens with zero attached hydrogens (tertiary/aromatic N) is 1. The average molecular weight is 305 g/mol. The highest BCUT2D eigenvalue weighted by Crippen LogP contribution is 2.36. The van der Waals surface area contributed by atoms with Gasteiger partial charge < -0.3 is 5.73 Å². The van der Waals surface area contributed by atoms with Gasteiger partial charge in [-0.05, 0) is 24.3 Å². The first kappa shape index (κ1) is 14.7. The lowest BCUT2D eigenvalue weighted by molar-refractivity contribution is -0.138. The smallest absolute Gasteiger partial charge is 0.320 e. The SMILES string of the molecule is NC(c1cc(Cl)ccc1F)c1cnccc1C(F)(F)F. The van der Waals surface area contributed by atoms with E-state index in [9.17, 15) is 17.6 Å². The zero-order valence-corrected chi connectivity index (χ0v) is 10.7. The quantitative estimate of drug-likeness (QED) is 0.854. The molecule has 1 unspecified atom stereocenters. The standard InChI is InChI=1S/C13H9ClF4N2/c14-7-1-2-11(15)8(5-7)12(19)9-6-20-4-3-10(9)13(16,17)18/h1-6,12H,19H2. The fraction of sp³-hybridized carbons (Fsp3) is 0.154. The van der Waals surface area contributed by atoms with Gasteiger partial charge in [-0.2, -0.15) is 13.2 Å². The van der Waals surface area contributed by atoms with E-state index in [4.69, 9.17) is 17.3 Å². The van der Waals surface area contributed by atoms with Crippen LogP contribution in [0.5, 0.6) is 0 Å². The molecule has 1 heterocycles. The molecule has 0 radical (unpaired) electrons. The Bertz CT molecular complexity index is 628. The third kappa shape index (κ3) is 2.91. The largest absolute Gasteiger partial charge is 0.416 e. The Kier molecular flexibility index (Phi) is 3.96. The van der Waals surface area contributed by atoms with Crippen LogP contribution in [0.3, 0.4) is 0 Å². The Morgan fingerprint density at radius 2 is 1.85 bits per heavy atom. The van der Waals surface area contributed by atoms with E-state index in [0.717, 1.165) is 24.5 Å². The summed E-state index contributed by atoms with van der Waals surface area (Å²) in [4.78, 5) is 3.62. The van der Waals surface area contributed by atoms with E-state index < -0.39 is 23.6 Å². The van der Waals surface area contributed by atoms with Gasteiger partial charge in [-0.15, -0.1) is 0 Å². The molecule has 1 aromatic carbocycles. The van der Waals surface area contributed by atoms with Crippen molar-refractivity contribution in [3.05, 3.63) is 64.2 Å². The van der Waals surface area contributed by atoms with E-state index in [-0.39, 0.29) is 16.1 Å². The van der Waals surface area contributed by atoms with Crippen molar-refractivity contribution in [3.63, 3.8) is 0 Å². The summed E-state index contributed by atoms with van der Waals surface area (Å²) in [6, 6.07) is 3.05. The first-order valence-electron chi connectivity index (χ1n) is 5.52. The molecule has 20 heavy (non-hydrogen) atoms. The molecular formula is C13H9ClF4N2. The summed E-state index contributed by atoms with van der Waals surface area (Å²) in [6.45, 7) is 0. The average Bonchev–Trinajstić information content (AvgIpc) is 2.40. The summed E-state index contributed by atoms with van der Waals surface area (Å²) in [5, 5.41) is 0.189. The lowest BCUT2D eigenvalue weighted by Crippen LogP contribution is -2.19. The van der Waals surface area contributed by atoms with Crippen LogP contribution in [0.15, 0.2) is 36.7 Å². The number of halogens is 5. The second kappa shape index (κ2) is 5.38. The zero-order valence-electron chi connectivity index (χ0n) is 9.96. The molecule has 2 N–H and O–H groups in total. The van der Waals surface area contributed by atoms with E-state index in [1.165, 1.54) is 12.1 Å². The van der Waals surface area contributed by atoms with Crippen molar-refractivity contribution in [1.82, 2.24) is 4.98 Å². The van der Waals surface area contributed by atoms with Gasteiger partial charge in [-0.3, -0.25) is 4.98 Å². The van der Waals surface area contributed by atoms with Gasteiger partial charge in [0.15, 0.2) is 0 Å². The van der Waals surface area contributed by atoms with E-state index in [0.29, 0.717) is 0 Å². The van der Waals surface area contributed by atoms with Crippen LogP contribution in [-0.2, 0) is 6.18 Å². The molecule has 0 fully saturated rings. The maximum atomic E-state index is 13.7. The summed E-state index contributed by atoms with van der Waals surface area (Å²) >= 11 is 5.72. The van der Waals surface area contributed by atoms with E-state index in [2.05, 4.69) is 4.98 Å². The second-order valence-electron chi connectivity index (χ2n) is 4.10. The van der Waals surface area contributed by atoms with Gasteiger partial charge in [0.1, 0.15) is 5.82 Å². The number of nitrogens with two attached hydrogens (primary N) is 1. The molecule has 0 aliphatic rings. The van der Waals surface area contributed by atoms with Gasteiger partial charge in [-0.25, -0.2) is 4.39 Å². The zero-order chi connectivity index (χ0) is 14.9. The highest BCUT2D eigenvalue weighted by molar-refractivity contribution is 6.30. The van der Waals surface area contributed by atoms with Gasteiger partial charge in [0.25, 0.3) is 0 Å². The Morgan fingerprint density at radius 1 is 1.15 bits per heavy atom. The van der Waals surface area contributed by atoms with Crippen molar-refractivity contribution in [2.24, 2.45) is 5.73 Å². The van der Waals surface area contributed by atoms with Gasteiger partial charge in [0, 0.05) is 28.5 Å². The van der Waals surface area contributed by atoms with Crippen molar-refractivity contribution >= 4 is 11.6 Å². The van der Waals surface area contributed by atoms with Crippen LogP contribution in [0, 0.1) is 5.82 Å². The van der Waals surface area contributed by atoms with Gasteiger partial charge in [0.2, 0.25) is 0 Å². The summed E-state index contributed by atoms with van der Waals surface area (Å²) in [7, 11) is 0. The lowest BCUT2D eigenvalue weighted by Gasteiger charge is -2.18. The molecule has 2 rings (SSSR count). The van der Waals surface area contributed by atoms with Crippen LogP contribution in [0.1, 0.15) is 22.7 Å². The molecule has 7 heteroatoms. The Balaban J connectivity index is 2.54.